The van der Waals surface area contributed by atoms with E-state index in [4.69, 9.17) is 9.47 Å². The highest BCUT2D eigenvalue weighted by molar-refractivity contribution is 5.79. The molecule has 1 aliphatic carbocycles. The maximum Gasteiger partial charge on any atom is 0.323 e. The van der Waals surface area contributed by atoms with Crippen molar-refractivity contribution in [1.82, 2.24) is 5.32 Å². The molecule has 0 spiro atoms. The summed E-state index contributed by atoms with van der Waals surface area (Å²) in [6.07, 6.45) is 1.96. The van der Waals surface area contributed by atoms with Crippen LogP contribution in [0.15, 0.2) is 0 Å². The Labute approximate surface area is 115 Å². The summed E-state index contributed by atoms with van der Waals surface area (Å²) in [5.41, 5.74) is -0.960. The second-order valence-electron chi connectivity index (χ2n) is 6.11. The first-order valence-corrected chi connectivity index (χ1v) is 7.03. The summed E-state index contributed by atoms with van der Waals surface area (Å²) < 4.78 is 11.3. The Kier molecular flexibility index (Phi) is 5.77. The summed E-state index contributed by atoms with van der Waals surface area (Å²) in [6, 6.07) is 0. The predicted molar refractivity (Wildman–Crippen MR) is 73.3 cm³/mol. The molecular formula is C14H27NO4. The molecule has 0 aliphatic heterocycles. The standard InChI is InChI=1S/C14H27NO4/c1-5-15-14(12(16)17)7-6-11(10-14)18-8-9-19-13(2,3)4/h11,15H,5-10H2,1-4H3,(H,16,17). The fraction of sp³-hybridized carbons (Fsp3) is 0.929. The molecule has 1 fully saturated rings. The zero-order valence-corrected chi connectivity index (χ0v) is 12.5. The van der Waals surface area contributed by atoms with Crippen LogP contribution in [0.1, 0.15) is 47.0 Å². The minimum Gasteiger partial charge on any atom is -0.480 e. The van der Waals surface area contributed by atoms with E-state index in [-0.39, 0.29) is 11.7 Å². The van der Waals surface area contributed by atoms with Crippen molar-refractivity contribution in [2.45, 2.75) is 64.2 Å². The van der Waals surface area contributed by atoms with Gasteiger partial charge < -0.3 is 19.9 Å². The number of ether oxygens (including phenoxy) is 2. The number of hydrogen-bond donors (Lipinski definition) is 2. The Morgan fingerprint density at radius 2 is 2.11 bits per heavy atom. The molecule has 1 saturated carbocycles. The van der Waals surface area contributed by atoms with Crippen LogP contribution in [0.2, 0.25) is 0 Å². The molecule has 5 nitrogen and oxygen atoms in total. The quantitative estimate of drug-likeness (QED) is 0.692. The predicted octanol–water partition coefficient (Wildman–Crippen LogP) is 1.80. The number of rotatable bonds is 7. The lowest BCUT2D eigenvalue weighted by molar-refractivity contribution is -0.145. The van der Waals surface area contributed by atoms with Gasteiger partial charge in [0.1, 0.15) is 5.54 Å². The molecule has 0 aromatic carbocycles. The monoisotopic (exact) mass is 273 g/mol. The summed E-state index contributed by atoms with van der Waals surface area (Å²) in [4.78, 5) is 11.4. The van der Waals surface area contributed by atoms with Crippen LogP contribution in [-0.2, 0) is 14.3 Å². The van der Waals surface area contributed by atoms with E-state index in [9.17, 15) is 9.90 Å². The Hall–Kier alpha value is -0.650. The number of aliphatic carboxylic acids is 1. The SMILES string of the molecule is CCNC1(C(=O)O)CCC(OCCOC(C)(C)C)C1. The highest BCUT2D eigenvalue weighted by Crippen LogP contribution is 2.32. The first-order chi connectivity index (χ1) is 8.79. The van der Waals surface area contributed by atoms with Crippen LogP contribution in [0.3, 0.4) is 0 Å². The maximum atomic E-state index is 11.4. The molecule has 0 amide bonds. The Morgan fingerprint density at radius 3 is 2.63 bits per heavy atom. The summed E-state index contributed by atoms with van der Waals surface area (Å²) in [7, 11) is 0. The van der Waals surface area contributed by atoms with Crippen molar-refractivity contribution in [1.29, 1.82) is 0 Å². The van der Waals surface area contributed by atoms with Crippen molar-refractivity contribution in [2.24, 2.45) is 0 Å². The zero-order valence-electron chi connectivity index (χ0n) is 12.5. The number of hydrogen-bond acceptors (Lipinski definition) is 4. The molecule has 1 aliphatic rings. The van der Waals surface area contributed by atoms with E-state index >= 15 is 0 Å². The fourth-order valence-electron chi connectivity index (χ4n) is 2.47. The Bertz CT molecular complexity index is 300. The van der Waals surface area contributed by atoms with Crippen molar-refractivity contribution in [3.8, 4) is 0 Å². The molecule has 2 unspecified atom stereocenters. The van der Waals surface area contributed by atoms with Crippen LogP contribution in [0.4, 0.5) is 0 Å². The van der Waals surface area contributed by atoms with E-state index in [1.807, 2.05) is 27.7 Å². The average Bonchev–Trinajstić information content (AvgIpc) is 2.69. The van der Waals surface area contributed by atoms with E-state index in [1.54, 1.807) is 0 Å². The van der Waals surface area contributed by atoms with Gasteiger partial charge in [-0.25, -0.2) is 0 Å². The minimum atomic E-state index is -0.801. The van der Waals surface area contributed by atoms with Gasteiger partial charge in [-0.05, 0) is 40.2 Å². The summed E-state index contributed by atoms with van der Waals surface area (Å²) in [5.74, 6) is -0.772. The Balaban J connectivity index is 2.33. The van der Waals surface area contributed by atoms with E-state index in [0.717, 1.165) is 6.42 Å². The lowest BCUT2D eigenvalue weighted by Gasteiger charge is -2.25. The third kappa shape index (κ3) is 5.09. The molecule has 2 atom stereocenters. The molecule has 0 aromatic heterocycles. The molecule has 0 heterocycles. The highest BCUT2D eigenvalue weighted by atomic mass is 16.5. The number of carboxylic acids is 1. The summed E-state index contributed by atoms with van der Waals surface area (Å²) in [5, 5.41) is 12.4. The number of nitrogens with one attached hydrogen (secondary N) is 1. The summed E-state index contributed by atoms with van der Waals surface area (Å²) in [6.45, 7) is 9.66. The van der Waals surface area contributed by atoms with Crippen LogP contribution in [0.25, 0.3) is 0 Å². The number of carbonyl (C=O) groups is 1. The van der Waals surface area contributed by atoms with Crippen molar-refractivity contribution >= 4 is 5.97 Å². The number of likely N-dealkylation sites (N-methyl/N-ethyl adjacent to an activating group) is 1. The zero-order chi connectivity index (χ0) is 14.5. The third-order valence-corrected chi connectivity index (χ3v) is 3.37. The fourth-order valence-corrected chi connectivity index (χ4v) is 2.47. The van der Waals surface area contributed by atoms with Crippen molar-refractivity contribution in [3.05, 3.63) is 0 Å². The van der Waals surface area contributed by atoms with Crippen LogP contribution in [0.5, 0.6) is 0 Å². The molecule has 0 aromatic rings. The molecule has 0 radical (unpaired) electrons. The normalized spacial score (nSPS) is 27.7. The van der Waals surface area contributed by atoms with Gasteiger partial charge in [-0.1, -0.05) is 6.92 Å². The summed E-state index contributed by atoms with van der Waals surface area (Å²) >= 11 is 0. The van der Waals surface area contributed by atoms with Crippen LogP contribution in [-0.4, -0.2) is 48.1 Å². The molecule has 0 bridgehead atoms. The van der Waals surface area contributed by atoms with Crippen molar-refractivity contribution in [3.63, 3.8) is 0 Å². The van der Waals surface area contributed by atoms with Gasteiger partial charge in [-0.2, -0.15) is 0 Å². The van der Waals surface area contributed by atoms with Gasteiger partial charge in [0.15, 0.2) is 0 Å². The maximum absolute atomic E-state index is 11.4. The topological polar surface area (TPSA) is 67.8 Å². The molecule has 2 N–H and O–H groups in total. The van der Waals surface area contributed by atoms with Crippen molar-refractivity contribution < 1.29 is 19.4 Å². The minimum absolute atomic E-state index is 0.0127. The van der Waals surface area contributed by atoms with Gasteiger partial charge in [0.05, 0.1) is 24.9 Å². The van der Waals surface area contributed by atoms with E-state index in [1.165, 1.54) is 0 Å². The van der Waals surface area contributed by atoms with E-state index < -0.39 is 11.5 Å². The largest absolute Gasteiger partial charge is 0.480 e. The average molecular weight is 273 g/mol. The first kappa shape index (κ1) is 16.4. The van der Waals surface area contributed by atoms with Crippen LogP contribution < -0.4 is 5.32 Å². The lowest BCUT2D eigenvalue weighted by atomic mass is 9.98. The van der Waals surface area contributed by atoms with Gasteiger partial charge in [0.25, 0.3) is 0 Å². The third-order valence-electron chi connectivity index (χ3n) is 3.37. The number of carboxylic acid groups (broad SMARTS) is 1. The second-order valence-corrected chi connectivity index (χ2v) is 6.11. The molecule has 19 heavy (non-hydrogen) atoms. The first-order valence-electron chi connectivity index (χ1n) is 7.03. The van der Waals surface area contributed by atoms with Gasteiger partial charge in [-0.15, -0.1) is 0 Å². The van der Waals surface area contributed by atoms with E-state index in [2.05, 4.69) is 5.32 Å². The molecule has 5 heteroatoms. The molecule has 112 valence electrons. The Morgan fingerprint density at radius 1 is 1.42 bits per heavy atom. The molecular weight excluding hydrogens is 246 g/mol. The van der Waals surface area contributed by atoms with Gasteiger partial charge >= 0.3 is 5.97 Å². The highest BCUT2D eigenvalue weighted by Gasteiger charge is 2.45. The van der Waals surface area contributed by atoms with Gasteiger partial charge in [-0.3, -0.25) is 4.79 Å². The lowest BCUT2D eigenvalue weighted by Crippen LogP contribution is -2.50. The van der Waals surface area contributed by atoms with Gasteiger partial charge in [0, 0.05) is 6.42 Å². The smallest absolute Gasteiger partial charge is 0.323 e. The van der Waals surface area contributed by atoms with E-state index in [0.29, 0.717) is 32.6 Å². The van der Waals surface area contributed by atoms with Crippen LogP contribution >= 0.6 is 0 Å². The van der Waals surface area contributed by atoms with Crippen LogP contribution in [0, 0.1) is 0 Å². The second kappa shape index (κ2) is 6.68. The molecule has 1 rings (SSSR count). The van der Waals surface area contributed by atoms with Gasteiger partial charge in [0.2, 0.25) is 0 Å². The molecule has 0 saturated heterocycles. The van der Waals surface area contributed by atoms with Crippen molar-refractivity contribution in [2.75, 3.05) is 19.8 Å².